The molecule has 6 nitrogen and oxygen atoms in total. The third-order valence-corrected chi connectivity index (χ3v) is 4.27. The van der Waals surface area contributed by atoms with Crippen molar-refractivity contribution in [3.05, 3.63) is 42.1 Å². The summed E-state index contributed by atoms with van der Waals surface area (Å²) in [5.74, 6) is -0.0784. The molecular formula is C17H20N4O2. The van der Waals surface area contributed by atoms with Gasteiger partial charge in [-0.1, -0.05) is 24.3 Å². The van der Waals surface area contributed by atoms with E-state index in [4.69, 9.17) is 0 Å². The zero-order valence-corrected chi connectivity index (χ0v) is 13.1. The number of aromatic nitrogens is 2. The number of carbonyl (C=O) groups excluding carboxylic acids is 2. The fourth-order valence-corrected chi connectivity index (χ4v) is 2.95. The van der Waals surface area contributed by atoms with Gasteiger partial charge in [-0.25, -0.2) is 0 Å². The van der Waals surface area contributed by atoms with Crippen molar-refractivity contribution in [1.29, 1.82) is 0 Å². The van der Waals surface area contributed by atoms with E-state index in [-0.39, 0.29) is 11.9 Å². The number of hydrogen-bond acceptors (Lipinski definition) is 3. The van der Waals surface area contributed by atoms with E-state index >= 15 is 0 Å². The van der Waals surface area contributed by atoms with Crippen LogP contribution in [-0.4, -0.2) is 39.6 Å². The number of amides is 2. The molecule has 1 unspecified atom stereocenters. The minimum atomic E-state index is -0.318. The molecule has 2 aromatic rings. The monoisotopic (exact) mass is 312 g/mol. The van der Waals surface area contributed by atoms with Gasteiger partial charge in [0.15, 0.2) is 0 Å². The van der Waals surface area contributed by atoms with Crippen molar-refractivity contribution in [3.63, 3.8) is 0 Å². The number of rotatable bonds is 5. The Morgan fingerprint density at radius 1 is 1.35 bits per heavy atom. The van der Waals surface area contributed by atoms with Crippen LogP contribution >= 0.6 is 0 Å². The molecule has 1 aromatic carbocycles. The minimum absolute atomic E-state index is 0.0784. The van der Waals surface area contributed by atoms with Crippen LogP contribution in [0.4, 0.5) is 0 Å². The predicted molar refractivity (Wildman–Crippen MR) is 86.3 cm³/mol. The van der Waals surface area contributed by atoms with Crippen LogP contribution in [0, 0.1) is 0 Å². The maximum Gasteiger partial charge on any atom is 0.243 e. The van der Waals surface area contributed by atoms with Crippen LogP contribution in [-0.2, 0) is 23.2 Å². The fourth-order valence-electron chi connectivity index (χ4n) is 2.95. The summed E-state index contributed by atoms with van der Waals surface area (Å²) in [7, 11) is 1.91. The Hall–Kier alpha value is -2.63. The van der Waals surface area contributed by atoms with Gasteiger partial charge >= 0.3 is 0 Å². The van der Waals surface area contributed by atoms with E-state index in [1.807, 2.05) is 42.1 Å². The SMILES string of the molecule is Cn1nccc1-c1ccc(CNC(=O)C2CCCN2C=O)cc1. The highest BCUT2D eigenvalue weighted by Gasteiger charge is 2.29. The number of hydrogen-bond donors (Lipinski definition) is 1. The van der Waals surface area contributed by atoms with Crippen molar-refractivity contribution in [2.45, 2.75) is 25.4 Å². The molecule has 1 aromatic heterocycles. The molecule has 3 rings (SSSR count). The van der Waals surface area contributed by atoms with E-state index in [1.165, 1.54) is 0 Å². The fraction of sp³-hybridized carbons (Fsp3) is 0.353. The molecule has 23 heavy (non-hydrogen) atoms. The summed E-state index contributed by atoms with van der Waals surface area (Å²) < 4.78 is 1.82. The normalized spacial score (nSPS) is 17.3. The van der Waals surface area contributed by atoms with Crippen LogP contribution in [0.5, 0.6) is 0 Å². The van der Waals surface area contributed by atoms with E-state index < -0.39 is 0 Å². The summed E-state index contributed by atoms with van der Waals surface area (Å²) in [6, 6.07) is 9.67. The quantitative estimate of drug-likeness (QED) is 0.847. The van der Waals surface area contributed by atoms with Gasteiger partial charge in [-0.15, -0.1) is 0 Å². The Balaban J connectivity index is 1.60. The number of likely N-dealkylation sites (tertiary alicyclic amines) is 1. The third kappa shape index (κ3) is 3.26. The van der Waals surface area contributed by atoms with Crippen molar-refractivity contribution in [3.8, 4) is 11.3 Å². The smallest absolute Gasteiger partial charge is 0.243 e. The Morgan fingerprint density at radius 2 is 2.13 bits per heavy atom. The molecule has 1 aliphatic heterocycles. The maximum absolute atomic E-state index is 12.2. The van der Waals surface area contributed by atoms with E-state index in [0.29, 0.717) is 13.1 Å². The molecule has 6 heteroatoms. The van der Waals surface area contributed by atoms with Gasteiger partial charge in [-0.3, -0.25) is 14.3 Å². The van der Waals surface area contributed by atoms with E-state index in [1.54, 1.807) is 11.1 Å². The molecule has 2 amide bonds. The predicted octanol–water partition coefficient (Wildman–Crippen LogP) is 1.32. The summed E-state index contributed by atoms with van der Waals surface area (Å²) in [5.41, 5.74) is 3.16. The van der Waals surface area contributed by atoms with E-state index in [2.05, 4.69) is 10.4 Å². The lowest BCUT2D eigenvalue weighted by Gasteiger charge is -2.19. The second-order valence-electron chi connectivity index (χ2n) is 5.76. The lowest BCUT2D eigenvalue weighted by Crippen LogP contribution is -2.42. The lowest BCUT2D eigenvalue weighted by molar-refractivity contribution is -0.131. The van der Waals surface area contributed by atoms with Crippen LogP contribution in [0.1, 0.15) is 18.4 Å². The lowest BCUT2D eigenvalue weighted by atomic mass is 10.1. The Labute approximate surface area is 135 Å². The molecule has 1 fully saturated rings. The van der Waals surface area contributed by atoms with Crippen molar-refractivity contribution in [2.75, 3.05) is 6.54 Å². The first-order chi connectivity index (χ1) is 11.2. The zero-order valence-electron chi connectivity index (χ0n) is 13.1. The highest BCUT2D eigenvalue weighted by molar-refractivity contribution is 5.84. The molecule has 1 aliphatic rings. The first kappa shape index (κ1) is 15.3. The van der Waals surface area contributed by atoms with Crippen LogP contribution in [0.3, 0.4) is 0 Å². The van der Waals surface area contributed by atoms with Gasteiger partial charge < -0.3 is 10.2 Å². The van der Waals surface area contributed by atoms with E-state index in [9.17, 15) is 9.59 Å². The van der Waals surface area contributed by atoms with Crippen LogP contribution in [0.15, 0.2) is 36.5 Å². The third-order valence-electron chi connectivity index (χ3n) is 4.27. The molecule has 2 heterocycles. The van der Waals surface area contributed by atoms with Crippen molar-refractivity contribution in [2.24, 2.45) is 7.05 Å². The van der Waals surface area contributed by atoms with Crippen molar-refractivity contribution in [1.82, 2.24) is 20.0 Å². The molecule has 0 bridgehead atoms. The Morgan fingerprint density at radius 3 is 2.78 bits per heavy atom. The topological polar surface area (TPSA) is 67.2 Å². The van der Waals surface area contributed by atoms with Crippen LogP contribution in [0.25, 0.3) is 11.3 Å². The van der Waals surface area contributed by atoms with Gasteiger partial charge in [0.25, 0.3) is 0 Å². The number of carbonyl (C=O) groups is 2. The molecule has 1 atom stereocenters. The van der Waals surface area contributed by atoms with Gasteiger partial charge in [0.2, 0.25) is 12.3 Å². The highest BCUT2D eigenvalue weighted by atomic mass is 16.2. The summed E-state index contributed by atoms with van der Waals surface area (Å²) in [6.07, 6.45) is 4.16. The maximum atomic E-state index is 12.2. The second kappa shape index (κ2) is 6.64. The molecule has 1 saturated heterocycles. The van der Waals surface area contributed by atoms with Crippen LogP contribution < -0.4 is 5.32 Å². The average molecular weight is 312 g/mol. The van der Waals surface area contributed by atoms with Crippen molar-refractivity contribution >= 4 is 12.3 Å². The minimum Gasteiger partial charge on any atom is -0.350 e. The Bertz CT molecular complexity index is 693. The van der Waals surface area contributed by atoms with Crippen molar-refractivity contribution < 1.29 is 9.59 Å². The Kier molecular flexibility index (Phi) is 4.41. The number of aryl methyl sites for hydroxylation is 1. The van der Waals surface area contributed by atoms with E-state index in [0.717, 1.165) is 36.1 Å². The van der Waals surface area contributed by atoms with Gasteiger partial charge in [0, 0.05) is 26.3 Å². The highest BCUT2D eigenvalue weighted by Crippen LogP contribution is 2.19. The molecule has 0 radical (unpaired) electrons. The van der Waals surface area contributed by atoms with Gasteiger partial charge in [-0.05, 0) is 30.0 Å². The molecule has 0 aliphatic carbocycles. The van der Waals surface area contributed by atoms with Gasteiger partial charge in [0.05, 0.1) is 5.69 Å². The first-order valence-corrected chi connectivity index (χ1v) is 7.75. The summed E-state index contributed by atoms with van der Waals surface area (Å²) in [4.78, 5) is 24.6. The van der Waals surface area contributed by atoms with Gasteiger partial charge in [-0.2, -0.15) is 5.10 Å². The average Bonchev–Trinajstić information content (AvgIpc) is 3.21. The van der Waals surface area contributed by atoms with Gasteiger partial charge in [0.1, 0.15) is 6.04 Å². The number of nitrogens with zero attached hydrogens (tertiary/aromatic N) is 3. The summed E-state index contributed by atoms with van der Waals surface area (Å²) in [5, 5.41) is 7.07. The van der Waals surface area contributed by atoms with Crippen LogP contribution in [0.2, 0.25) is 0 Å². The molecule has 120 valence electrons. The standard InChI is InChI=1S/C17H20N4O2/c1-20-15(8-9-19-20)14-6-4-13(5-7-14)11-18-17(23)16-3-2-10-21(16)12-22/h4-9,12,16H,2-3,10-11H2,1H3,(H,18,23). The largest absolute Gasteiger partial charge is 0.350 e. The first-order valence-electron chi connectivity index (χ1n) is 7.75. The second-order valence-corrected chi connectivity index (χ2v) is 5.76. The number of benzene rings is 1. The molecule has 1 N–H and O–H groups in total. The number of nitrogens with one attached hydrogen (secondary N) is 1. The molecule has 0 spiro atoms. The zero-order chi connectivity index (χ0) is 16.2. The molecular weight excluding hydrogens is 292 g/mol. The summed E-state index contributed by atoms with van der Waals surface area (Å²) >= 11 is 0. The molecule has 0 saturated carbocycles. The summed E-state index contributed by atoms with van der Waals surface area (Å²) in [6.45, 7) is 1.13.